The van der Waals surface area contributed by atoms with E-state index >= 15 is 0 Å². The van der Waals surface area contributed by atoms with E-state index in [1.165, 1.54) is 16.4 Å². The van der Waals surface area contributed by atoms with Gasteiger partial charge in [-0.3, -0.25) is 4.79 Å². The van der Waals surface area contributed by atoms with Gasteiger partial charge in [-0.05, 0) is 43.0 Å². The minimum atomic E-state index is -0.378. The van der Waals surface area contributed by atoms with E-state index in [-0.39, 0.29) is 17.4 Å². The maximum Gasteiger partial charge on any atom is 0.275 e. The zero-order chi connectivity index (χ0) is 16.8. The van der Waals surface area contributed by atoms with E-state index in [1.54, 1.807) is 0 Å². The van der Waals surface area contributed by atoms with Gasteiger partial charge in [0.15, 0.2) is 11.4 Å². The van der Waals surface area contributed by atoms with E-state index < -0.39 is 0 Å². The fraction of sp³-hybridized carbons (Fsp3) is 0.412. The number of hydrogen-bond donors (Lipinski definition) is 3. The van der Waals surface area contributed by atoms with E-state index in [0.29, 0.717) is 19.0 Å². The van der Waals surface area contributed by atoms with Crippen LogP contribution in [0.3, 0.4) is 0 Å². The number of benzene rings is 1. The summed E-state index contributed by atoms with van der Waals surface area (Å²) in [5, 5.41) is 16.9. The topological polar surface area (TPSA) is 93.2 Å². The molecular weight excluding hydrogens is 292 g/mol. The van der Waals surface area contributed by atoms with Crippen LogP contribution in [0.4, 0.5) is 0 Å². The lowest BCUT2D eigenvalue weighted by atomic mass is 10.0. The second-order valence-corrected chi connectivity index (χ2v) is 5.81. The molecule has 124 valence electrons. The molecule has 0 saturated carbocycles. The fourth-order valence-electron chi connectivity index (χ4n) is 2.23. The van der Waals surface area contributed by atoms with Gasteiger partial charge in [0, 0.05) is 6.54 Å². The van der Waals surface area contributed by atoms with Crippen LogP contribution in [0.1, 0.15) is 48.7 Å². The smallest absolute Gasteiger partial charge is 0.275 e. The minimum absolute atomic E-state index is 0.0330. The lowest BCUT2D eigenvalue weighted by molar-refractivity contribution is 0.0945. The van der Waals surface area contributed by atoms with Gasteiger partial charge in [-0.15, -0.1) is 0 Å². The molecule has 2 aromatic rings. The van der Waals surface area contributed by atoms with Crippen LogP contribution in [0.2, 0.25) is 0 Å². The summed E-state index contributed by atoms with van der Waals surface area (Å²) in [6.45, 7) is 5.37. The van der Waals surface area contributed by atoms with Crippen LogP contribution < -0.4 is 11.1 Å². The first-order chi connectivity index (χ1) is 11.0. The van der Waals surface area contributed by atoms with Gasteiger partial charge in [0.2, 0.25) is 0 Å². The molecule has 2 rings (SSSR count). The number of nitrogens with zero attached hydrogens (tertiary/aromatic N) is 2. The molecule has 0 aliphatic heterocycles. The van der Waals surface area contributed by atoms with Crippen molar-refractivity contribution in [3.8, 4) is 11.4 Å². The quantitative estimate of drug-likeness (QED) is 0.682. The van der Waals surface area contributed by atoms with Gasteiger partial charge in [-0.25, -0.2) is 4.68 Å². The lowest BCUT2D eigenvalue weighted by Crippen LogP contribution is -2.25. The van der Waals surface area contributed by atoms with Crippen molar-refractivity contribution in [3.05, 3.63) is 41.7 Å². The van der Waals surface area contributed by atoms with E-state index in [1.807, 2.05) is 24.3 Å². The Morgan fingerprint density at radius 2 is 2.00 bits per heavy atom. The molecule has 0 bridgehead atoms. The summed E-state index contributed by atoms with van der Waals surface area (Å²) in [6.07, 6.45) is 3.10. The van der Waals surface area contributed by atoms with E-state index in [9.17, 15) is 9.90 Å². The number of nitrogens with one attached hydrogen (secondary N) is 1. The molecule has 4 N–H and O–H groups in total. The van der Waals surface area contributed by atoms with Crippen LogP contribution in [0.25, 0.3) is 5.69 Å². The summed E-state index contributed by atoms with van der Waals surface area (Å²) in [7, 11) is 0. The summed E-state index contributed by atoms with van der Waals surface area (Å²) in [6, 6.07) is 7.88. The first kappa shape index (κ1) is 17.0. The number of amides is 1. The van der Waals surface area contributed by atoms with Crippen LogP contribution in [0.5, 0.6) is 5.75 Å². The average Bonchev–Trinajstić information content (AvgIpc) is 2.93. The predicted octanol–water partition coefficient (Wildman–Crippen LogP) is 2.17. The Hall–Kier alpha value is -2.34. The van der Waals surface area contributed by atoms with E-state index in [2.05, 4.69) is 24.3 Å². The first-order valence-electron chi connectivity index (χ1n) is 7.90. The van der Waals surface area contributed by atoms with Gasteiger partial charge in [0.25, 0.3) is 5.91 Å². The summed E-state index contributed by atoms with van der Waals surface area (Å²) in [5.74, 6) is -0.0590. The van der Waals surface area contributed by atoms with E-state index in [4.69, 9.17) is 5.73 Å². The number of carbonyl (C=O) groups is 1. The second kappa shape index (κ2) is 7.78. The normalized spacial score (nSPS) is 11.0. The molecule has 1 aromatic heterocycles. The van der Waals surface area contributed by atoms with Gasteiger partial charge >= 0.3 is 0 Å². The Labute approximate surface area is 136 Å². The number of carbonyl (C=O) groups excluding carboxylic acids is 1. The van der Waals surface area contributed by atoms with Crippen LogP contribution in [0.15, 0.2) is 30.5 Å². The third-order valence-electron chi connectivity index (χ3n) is 3.65. The van der Waals surface area contributed by atoms with Gasteiger partial charge in [-0.2, -0.15) is 5.10 Å². The van der Waals surface area contributed by atoms with Crippen LogP contribution in [-0.2, 0) is 0 Å². The largest absolute Gasteiger partial charge is 0.504 e. The van der Waals surface area contributed by atoms with Crippen molar-refractivity contribution in [1.82, 2.24) is 15.1 Å². The molecule has 0 atom stereocenters. The average molecular weight is 316 g/mol. The van der Waals surface area contributed by atoms with Gasteiger partial charge in [0.05, 0.1) is 11.9 Å². The van der Waals surface area contributed by atoms with Crippen LogP contribution >= 0.6 is 0 Å². The monoisotopic (exact) mass is 316 g/mol. The van der Waals surface area contributed by atoms with Crippen molar-refractivity contribution in [2.75, 3.05) is 13.1 Å². The molecule has 0 aliphatic rings. The Balaban J connectivity index is 2.09. The molecule has 0 unspecified atom stereocenters. The van der Waals surface area contributed by atoms with Crippen molar-refractivity contribution in [2.45, 2.75) is 32.6 Å². The summed E-state index contributed by atoms with van der Waals surface area (Å²) >= 11 is 0. The maximum atomic E-state index is 12.0. The Morgan fingerprint density at radius 3 is 2.61 bits per heavy atom. The number of aromatic nitrogens is 2. The summed E-state index contributed by atoms with van der Waals surface area (Å²) in [4.78, 5) is 12.0. The summed E-state index contributed by atoms with van der Waals surface area (Å²) in [5.41, 5.74) is 7.47. The highest BCUT2D eigenvalue weighted by Crippen LogP contribution is 2.20. The van der Waals surface area contributed by atoms with Gasteiger partial charge in [-0.1, -0.05) is 26.0 Å². The molecule has 0 saturated heterocycles. The number of hydrogen-bond acceptors (Lipinski definition) is 4. The fourth-order valence-corrected chi connectivity index (χ4v) is 2.23. The molecule has 6 heteroatoms. The molecule has 0 spiro atoms. The standard InChI is InChI=1S/C17H24N4O2/c1-12(2)13-5-7-14(8-6-13)21-11-15(22)16(20-21)17(23)19-10-4-3-9-18/h5-8,11-12,22H,3-4,9-10,18H2,1-2H3,(H,19,23). The zero-order valence-electron chi connectivity index (χ0n) is 13.6. The number of aromatic hydroxyl groups is 1. The predicted molar refractivity (Wildman–Crippen MR) is 89.9 cm³/mol. The molecule has 0 fully saturated rings. The highest BCUT2D eigenvalue weighted by Gasteiger charge is 2.16. The lowest BCUT2D eigenvalue weighted by Gasteiger charge is -2.06. The molecular formula is C17H24N4O2. The Kier molecular flexibility index (Phi) is 5.76. The third kappa shape index (κ3) is 4.32. The highest BCUT2D eigenvalue weighted by atomic mass is 16.3. The number of nitrogens with two attached hydrogens (primary N) is 1. The molecule has 23 heavy (non-hydrogen) atoms. The van der Waals surface area contributed by atoms with Crippen molar-refractivity contribution in [3.63, 3.8) is 0 Å². The molecule has 0 radical (unpaired) electrons. The first-order valence-corrected chi connectivity index (χ1v) is 7.90. The highest BCUT2D eigenvalue weighted by molar-refractivity contribution is 5.94. The molecule has 1 heterocycles. The second-order valence-electron chi connectivity index (χ2n) is 5.81. The summed E-state index contributed by atoms with van der Waals surface area (Å²) < 4.78 is 1.51. The Morgan fingerprint density at radius 1 is 1.30 bits per heavy atom. The third-order valence-corrected chi connectivity index (χ3v) is 3.65. The maximum absolute atomic E-state index is 12.0. The molecule has 1 aromatic carbocycles. The molecule has 6 nitrogen and oxygen atoms in total. The number of rotatable bonds is 7. The van der Waals surface area contributed by atoms with Crippen molar-refractivity contribution >= 4 is 5.91 Å². The van der Waals surface area contributed by atoms with Crippen molar-refractivity contribution in [1.29, 1.82) is 0 Å². The minimum Gasteiger partial charge on any atom is -0.504 e. The van der Waals surface area contributed by atoms with E-state index in [0.717, 1.165) is 18.5 Å². The number of unbranched alkanes of at least 4 members (excludes halogenated alkanes) is 1. The Bertz CT molecular complexity index is 647. The van der Waals surface area contributed by atoms with Gasteiger partial charge in [0.1, 0.15) is 0 Å². The molecule has 0 aliphatic carbocycles. The van der Waals surface area contributed by atoms with Gasteiger partial charge < -0.3 is 16.2 Å². The van der Waals surface area contributed by atoms with Crippen molar-refractivity contribution < 1.29 is 9.90 Å². The van der Waals surface area contributed by atoms with Crippen LogP contribution in [-0.4, -0.2) is 33.9 Å². The SMILES string of the molecule is CC(C)c1ccc(-n2cc(O)c(C(=O)NCCCCN)n2)cc1. The molecule has 1 amide bonds. The van der Waals surface area contributed by atoms with Crippen LogP contribution in [0, 0.1) is 0 Å². The van der Waals surface area contributed by atoms with Crippen molar-refractivity contribution in [2.24, 2.45) is 5.73 Å². The zero-order valence-corrected chi connectivity index (χ0v) is 13.6.